The third kappa shape index (κ3) is 4.74. The Morgan fingerprint density at radius 2 is 1.86 bits per heavy atom. The molecule has 0 saturated carbocycles. The highest BCUT2D eigenvalue weighted by molar-refractivity contribution is 7.89. The zero-order valence-corrected chi connectivity index (χ0v) is 17.7. The van der Waals surface area contributed by atoms with Crippen molar-refractivity contribution in [2.24, 2.45) is 0 Å². The molecule has 1 atom stereocenters. The topological polar surface area (TPSA) is 75.3 Å². The lowest BCUT2D eigenvalue weighted by molar-refractivity contribution is -0.121. The molecule has 0 fully saturated rings. The van der Waals surface area contributed by atoms with Gasteiger partial charge in [0.05, 0.1) is 10.9 Å². The van der Waals surface area contributed by atoms with Gasteiger partial charge in [-0.2, -0.15) is 0 Å². The second-order valence-electron chi connectivity index (χ2n) is 7.23. The predicted octanol–water partition coefficient (Wildman–Crippen LogP) is 3.82. The first-order valence-electron chi connectivity index (χ1n) is 9.41. The summed E-state index contributed by atoms with van der Waals surface area (Å²) in [4.78, 5) is 12.5. The van der Waals surface area contributed by atoms with Crippen LogP contribution in [0, 0.1) is 13.8 Å². The van der Waals surface area contributed by atoms with Gasteiger partial charge in [0.1, 0.15) is 0 Å². The van der Waals surface area contributed by atoms with Crippen molar-refractivity contribution >= 4 is 27.5 Å². The minimum Gasteiger partial charge on any atom is -0.349 e. The first-order valence-corrected chi connectivity index (χ1v) is 11.3. The lowest BCUT2D eigenvalue weighted by atomic mass is 9.88. The van der Waals surface area contributed by atoms with Crippen LogP contribution in [0.4, 0.5) is 0 Å². The van der Waals surface area contributed by atoms with Gasteiger partial charge in [-0.1, -0.05) is 35.9 Å². The highest BCUT2D eigenvalue weighted by Crippen LogP contribution is 2.29. The van der Waals surface area contributed by atoms with Gasteiger partial charge in [0.25, 0.3) is 0 Å². The van der Waals surface area contributed by atoms with Crippen LogP contribution in [0.25, 0.3) is 0 Å². The van der Waals surface area contributed by atoms with Gasteiger partial charge in [0.15, 0.2) is 0 Å². The third-order valence-electron chi connectivity index (χ3n) is 5.07. The maximum Gasteiger partial charge on any atom is 0.240 e. The summed E-state index contributed by atoms with van der Waals surface area (Å²) in [5.74, 6) is -0.159. The molecule has 5 nitrogen and oxygen atoms in total. The molecule has 0 heterocycles. The van der Waals surface area contributed by atoms with E-state index in [-0.39, 0.29) is 29.8 Å². The van der Waals surface area contributed by atoms with E-state index in [0.717, 1.165) is 24.8 Å². The van der Waals surface area contributed by atoms with E-state index < -0.39 is 10.0 Å². The van der Waals surface area contributed by atoms with Crippen molar-refractivity contribution in [1.29, 1.82) is 0 Å². The number of fused-ring (bicyclic) bond motifs is 1. The third-order valence-corrected chi connectivity index (χ3v) is 7.11. The zero-order valence-electron chi connectivity index (χ0n) is 16.1. The molecule has 1 aliphatic rings. The highest BCUT2D eigenvalue weighted by atomic mass is 35.5. The number of hydrogen-bond donors (Lipinski definition) is 2. The number of nitrogens with one attached hydrogen (secondary N) is 2. The van der Waals surface area contributed by atoms with Crippen molar-refractivity contribution in [3.63, 3.8) is 0 Å². The fraction of sp³-hybridized carbons (Fsp3) is 0.381. The van der Waals surface area contributed by atoms with E-state index in [0.29, 0.717) is 16.1 Å². The minimum atomic E-state index is -3.69. The zero-order chi connectivity index (χ0) is 20.3. The Balaban J connectivity index is 1.57. The monoisotopic (exact) mass is 420 g/mol. The SMILES string of the molecule is Cc1cc(S(=O)(=O)NCCC(=O)N[C@H]2CCCc3ccccc32)cc(C)c1Cl. The smallest absolute Gasteiger partial charge is 0.240 e. The Bertz CT molecular complexity index is 966. The highest BCUT2D eigenvalue weighted by Gasteiger charge is 2.22. The lowest BCUT2D eigenvalue weighted by Crippen LogP contribution is -2.34. The van der Waals surface area contributed by atoms with Crippen LogP contribution in [0.1, 0.15) is 47.6 Å². The fourth-order valence-electron chi connectivity index (χ4n) is 3.61. The van der Waals surface area contributed by atoms with Crippen molar-refractivity contribution in [1.82, 2.24) is 10.0 Å². The summed E-state index contributed by atoms with van der Waals surface area (Å²) in [6.45, 7) is 3.58. The lowest BCUT2D eigenvalue weighted by Gasteiger charge is -2.26. The molecule has 3 rings (SSSR count). The number of amides is 1. The molecule has 0 aliphatic heterocycles. The molecular weight excluding hydrogens is 396 g/mol. The van der Waals surface area contributed by atoms with Crippen LogP contribution in [0.3, 0.4) is 0 Å². The molecule has 2 N–H and O–H groups in total. The van der Waals surface area contributed by atoms with Crippen LogP contribution >= 0.6 is 11.6 Å². The van der Waals surface area contributed by atoms with Gasteiger partial charge >= 0.3 is 0 Å². The van der Waals surface area contributed by atoms with Crippen LogP contribution in [0.5, 0.6) is 0 Å². The van der Waals surface area contributed by atoms with Gasteiger partial charge in [0.2, 0.25) is 15.9 Å². The Morgan fingerprint density at radius 3 is 2.57 bits per heavy atom. The number of aryl methyl sites for hydroxylation is 3. The molecular formula is C21H25ClN2O3S. The molecule has 0 aromatic heterocycles. The number of hydrogen-bond acceptors (Lipinski definition) is 3. The summed E-state index contributed by atoms with van der Waals surface area (Å²) in [7, 11) is -3.69. The molecule has 0 saturated heterocycles. The van der Waals surface area contributed by atoms with E-state index in [1.807, 2.05) is 18.2 Å². The van der Waals surface area contributed by atoms with Gasteiger partial charge in [-0.15, -0.1) is 0 Å². The summed E-state index contributed by atoms with van der Waals surface area (Å²) in [6, 6.07) is 11.2. The quantitative estimate of drug-likeness (QED) is 0.745. The van der Waals surface area contributed by atoms with E-state index in [4.69, 9.17) is 11.6 Å². The van der Waals surface area contributed by atoms with Crippen LogP contribution in [0.15, 0.2) is 41.3 Å². The summed E-state index contributed by atoms with van der Waals surface area (Å²) in [6.07, 6.45) is 3.05. The number of sulfonamides is 1. The first kappa shape index (κ1) is 20.8. The Hall–Kier alpha value is -1.89. The van der Waals surface area contributed by atoms with Crippen LogP contribution in [0.2, 0.25) is 5.02 Å². The normalized spacial score (nSPS) is 16.5. The van der Waals surface area contributed by atoms with Gasteiger partial charge in [0, 0.05) is 18.0 Å². The maximum atomic E-state index is 12.5. The van der Waals surface area contributed by atoms with Gasteiger partial charge in [-0.05, 0) is 67.5 Å². The van der Waals surface area contributed by atoms with Crippen molar-refractivity contribution < 1.29 is 13.2 Å². The van der Waals surface area contributed by atoms with Crippen molar-refractivity contribution in [3.8, 4) is 0 Å². The fourth-order valence-corrected chi connectivity index (χ4v) is 4.92. The summed E-state index contributed by atoms with van der Waals surface area (Å²) < 4.78 is 27.5. The van der Waals surface area contributed by atoms with E-state index in [1.165, 1.54) is 17.7 Å². The summed E-state index contributed by atoms with van der Waals surface area (Å²) >= 11 is 6.11. The molecule has 7 heteroatoms. The van der Waals surface area contributed by atoms with E-state index in [1.54, 1.807) is 13.8 Å². The van der Waals surface area contributed by atoms with Crippen molar-refractivity contribution in [3.05, 3.63) is 63.7 Å². The van der Waals surface area contributed by atoms with Gasteiger partial charge in [-0.25, -0.2) is 13.1 Å². The molecule has 0 bridgehead atoms. The number of rotatable bonds is 6. The number of carbonyl (C=O) groups excluding carboxylic acids is 1. The molecule has 0 spiro atoms. The second kappa shape index (κ2) is 8.64. The molecule has 2 aromatic rings. The summed E-state index contributed by atoms with van der Waals surface area (Å²) in [5, 5.41) is 3.60. The van der Waals surface area contributed by atoms with E-state index in [9.17, 15) is 13.2 Å². The molecule has 150 valence electrons. The second-order valence-corrected chi connectivity index (χ2v) is 9.37. The molecule has 0 unspecified atom stereocenters. The van der Waals surface area contributed by atoms with Crippen LogP contribution < -0.4 is 10.0 Å². The predicted molar refractivity (Wildman–Crippen MR) is 111 cm³/mol. The molecule has 2 aromatic carbocycles. The number of carbonyl (C=O) groups is 1. The average Bonchev–Trinajstić information content (AvgIpc) is 2.66. The van der Waals surface area contributed by atoms with Gasteiger partial charge < -0.3 is 5.32 Å². The van der Waals surface area contributed by atoms with Crippen molar-refractivity contribution in [2.75, 3.05) is 6.54 Å². The maximum absolute atomic E-state index is 12.5. The number of halogens is 1. The van der Waals surface area contributed by atoms with E-state index >= 15 is 0 Å². The largest absolute Gasteiger partial charge is 0.349 e. The van der Waals surface area contributed by atoms with Crippen molar-refractivity contribution in [2.45, 2.75) is 50.5 Å². The van der Waals surface area contributed by atoms with Gasteiger partial charge in [-0.3, -0.25) is 4.79 Å². The first-order chi connectivity index (χ1) is 13.3. The molecule has 1 amide bonds. The van der Waals surface area contributed by atoms with Crippen LogP contribution in [-0.2, 0) is 21.2 Å². The van der Waals surface area contributed by atoms with E-state index in [2.05, 4.69) is 16.1 Å². The summed E-state index contributed by atoms with van der Waals surface area (Å²) in [5.41, 5.74) is 3.84. The Morgan fingerprint density at radius 1 is 1.18 bits per heavy atom. The Kier molecular flexibility index (Phi) is 6.43. The number of benzene rings is 2. The standard InChI is InChI=1S/C21H25ClN2O3S/c1-14-12-17(13-15(2)21(14)22)28(26,27)23-11-10-20(25)24-19-9-5-7-16-6-3-4-8-18(16)19/h3-4,6,8,12-13,19,23H,5,7,9-11H2,1-2H3,(H,24,25)/t19-/m0/s1. The minimum absolute atomic E-state index is 0.00405. The average molecular weight is 421 g/mol. The molecule has 28 heavy (non-hydrogen) atoms. The van der Waals surface area contributed by atoms with Crippen LogP contribution in [-0.4, -0.2) is 20.9 Å². The molecule has 1 aliphatic carbocycles. The Labute approximate surface area is 171 Å². The molecule has 0 radical (unpaired) electrons.